The predicted octanol–water partition coefficient (Wildman–Crippen LogP) is 4.62. The molecule has 0 amide bonds. The molecule has 0 saturated heterocycles. The Morgan fingerprint density at radius 3 is 1.95 bits per heavy atom. The summed E-state index contributed by atoms with van der Waals surface area (Å²) in [6, 6.07) is 0. The average Bonchev–Trinajstić information content (AvgIpc) is 2.25. The van der Waals surface area contributed by atoms with Gasteiger partial charge in [0, 0.05) is 12.5 Å². The molecule has 0 heterocycles. The SMILES string of the molecule is CCOP(=O)(CC(=O)C[C@@H](C)O[Si](C)(C)C(C)(C)C)OCC. The molecule has 0 aliphatic heterocycles. The standard InChI is InChI=1S/C15H33O5PSi/c1-9-18-21(17,19-10-2)12-14(16)11-13(3)20-22(7,8)15(4,5)6/h13H,9-12H2,1-8H3/t13-/m1/s1. The van der Waals surface area contributed by atoms with Crippen LogP contribution in [0.25, 0.3) is 0 Å². The maximum absolute atomic E-state index is 12.4. The molecule has 0 bridgehead atoms. The Balaban J connectivity index is 4.62. The van der Waals surface area contributed by atoms with E-state index in [1.54, 1.807) is 13.8 Å². The van der Waals surface area contributed by atoms with Crippen LogP contribution in [0.5, 0.6) is 0 Å². The first-order valence-electron chi connectivity index (χ1n) is 7.94. The average molecular weight is 352 g/mol. The summed E-state index contributed by atoms with van der Waals surface area (Å²) in [6.45, 7) is 16.7. The van der Waals surface area contributed by atoms with Gasteiger partial charge in [-0.15, -0.1) is 0 Å². The van der Waals surface area contributed by atoms with E-state index in [0.29, 0.717) is 0 Å². The monoisotopic (exact) mass is 352 g/mol. The first-order chi connectivity index (χ1) is 9.87. The zero-order chi connectivity index (χ0) is 17.6. The molecule has 0 rings (SSSR count). The van der Waals surface area contributed by atoms with E-state index < -0.39 is 15.9 Å². The number of hydrogen-bond acceptors (Lipinski definition) is 5. The Bertz CT molecular complexity index is 393. The van der Waals surface area contributed by atoms with Gasteiger partial charge in [-0.1, -0.05) is 20.8 Å². The van der Waals surface area contributed by atoms with Crippen molar-refractivity contribution in [3.63, 3.8) is 0 Å². The Morgan fingerprint density at radius 1 is 1.14 bits per heavy atom. The number of carbonyl (C=O) groups excluding carboxylic acids is 1. The molecule has 0 aliphatic carbocycles. The van der Waals surface area contributed by atoms with Crippen LogP contribution in [0.1, 0.15) is 48.0 Å². The lowest BCUT2D eigenvalue weighted by atomic mass is 10.2. The van der Waals surface area contributed by atoms with Crippen LogP contribution in [0.4, 0.5) is 0 Å². The van der Waals surface area contributed by atoms with Gasteiger partial charge in [-0.2, -0.15) is 0 Å². The predicted molar refractivity (Wildman–Crippen MR) is 93.1 cm³/mol. The lowest BCUT2D eigenvalue weighted by molar-refractivity contribution is -0.118. The highest BCUT2D eigenvalue weighted by Gasteiger charge is 2.39. The summed E-state index contributed by atoms with van der Waals surface area (Å²) in [5, 5.41) is 0.0935. The Kier molecular flexibility index (Phi) is 8.74. The van der Waals surface area contributed by atoms with Crippen LogP contribution in [-0.2, 0) is 22.8 Å². The number of Topliss-reactive ketones (excluding diaryl/α,β-unsaturated/α-hetero) is 1. The maximum Gasteiger partial charge on any atom is 0.338 e. The highest BCUT2D eigenvalue weighted by Crippen LogP contribution is 2.48. The van der Waals surface area contributed by atoms with E-state index in [-0.39, 0.29) is 42.7 Å². The van der Waals surface area contributed by atoms with Gasteiger partial charge < -0.3 is 13.5 Å². The minimum atomic E-state index is -3.31. The first kappa shape index (κ1) is 22.0. The molecule has 1 atom stereocenters. The smallest absolute Gasteiger partial charge is 0.338 e. The molecular weight excluding hydrogens is 319 g/mol. The Hall–Kier alpha value is -0.00312. The number of hydrogen-bond donors (Lipinski definition) is 0. The van der Waals surface area contributed by atoms with E-state index in [1.807, 2.05) is 6.92 Å². The molecule has 132 valence electrons. The van der Waals surface area contributed by atoms with Crippen LogP contribution in [0.15, 0.2) is 0 Å². The van der Waals surface area contributed by atoms with Crippen molar-refractivity contribution >= 4 is 21.7 Å². The van der Waals surface area contributed by atoms with Gasteiger partial charge in [0.2, 0.25) is 0 Å². The van der Waals surface area contributed by atoms with Crippen LogP contribution in [0, 0.1) is 0 Å². The fourth-order valence-corrected chi connectivity index (χ4v) is 4.89. The van der Waals surface area contributed by atoms with E-state index in [2.05, 4.69) is 33.9 Å². The van der Waals surface area contributed by atoms with Crippen LogP contribution in [0.2, 0.25) is 18.1 Å². The molecule has 0 saturated carbocycles. The molecule has 22 heavy (non-hydrogen) atoms. The minimum Gasteiger partial charge on any atom is -0.414 e. The van der Waals surface area contributed by atoms with Crippen molar-refractivity contribution in [3.8, 4) is 0 Å². The third kappa shape index (κ3) is 7.51. The van der Waals surface area contributed by atoms with Crippen LogP contribution in [0.3, 0.4) is 0 Å². The molecule has 0 aromatic rings. The van der Waals surface area contributed by atoms with Gasteiger partial charge in [0.05, 0.1) is 13.2 Å². The van der Waals surface area contributed by atoms with Crippen molar-refractivity contribution in [3.05, 3.63) is 0 Å². The fraction of sp³-hybridized carbons (Fsp3) is 0.933. The molecule has 7 heteroatoms. The molecule has 0 fully saturated rings. The number of ketones is 1. The second-order valence-corrected chi connectivity index (χ2v) is 13.8. The van der Waals surface area contributed by atoms with Crippen LogP contribution >= 0.6 is 7.60 Å². The number of rotatable bonds is 10. The lowest BCUT2D eigenvalue weighted by Gasteiger charge is -2.38. The van der Waals surface area contributed by atoms with E-state index in [0.717, 1.165) is 0 Å². The summed E-state index contributed by atoms with van der Waals surface area (Å²) >= 11 is 0. The second-order valence-electron chi connectivity index (χ2n) is 7.04. The highest BCUT2D eigenvalue weighted by molar-refractivity contribution is 7.54. The Morgan fingerprint density at radius 2 is 1.59 bits per heavy atom. The normalized spacial score (nSPS) is 14.9. The zero-order valence-corrected chi connectivity index (χ0v) is 17.3. The van der Waals surface area contributed by atoms with Crippen molar-refractivity contribution in [2.75, 3.05) is 19.4 Å². The highest BCUT2D eigenvalue weighted by atomic mass is 31.2. The third-order valence-corrected chi connectivity index (χ3v) is 10.5. The molecule has 5 nitrogen and oxygen atoms in total. The molecule has 0 spiro atoms. The second kappa shape index (κ2) is 8.74. The summed E-state index contributed by atoms with van der Waals surface area (Å²) in [5.41, 5.74) is 0. The summed E-state index contributed by atoms with van der Waals surface area (Å²) in [7, 11) is -5.22. The summed E-state index contributed by atoms with van der Waals surface area (Å²) in [4.78, 5) is 12.2. The minimum absolute atomic E-state index is 0.0935. The van der Waals surface area contributed by atoms with Gasteiger partial charge in [-0.05, 0) is 38.9 Å². The quantitative estimate of drug-likeness (QED) is 0.424. The molecule has 0 aromatic carbocycles. The fourth-order valence-electron chi connectivity index (χ4n) is 1.84. The van der Waals surface area contributed by atoms with E-state index >= 15 is 0 Å². The number of carbonyl (C=O) groups is 1. The summed E-state index contributed by atoms with van der Waals surface area (Å²) in [5.74, 6) is -0.142. The zero-order valence-electron chi connectivity index (χ0n) is 15.4. The largest absolute Gasteiger partial charge is 0.414 e. The molecule has 0 aliphatic rings. The van der Waals surface area contributed by atoms with Crippen molar-refractivity contribution < 1.29 is 22.8 Å². The first-order valence-corrected chi connectivity index (χ1v) is 12.6. The molecular formula is C15H33O5PSi. The molecule has 0 radical (unpaired) electrons. The van der Waals surface area contributed by atoms with Gasteiger partial charge in [0.25, 0.3) is 0 Å². The van der Waals surface area contributed by atoms with E-state index in [4.69, 9.17) is 13.5 Å². The third-order valence-electron chi connectivity index (χ3n) is 3.84. The van der Waals surface area contributed by atoms with Gasteiger partial charge >= 0.3 is 7.60 Å². The van der Waals surface area contributed by atoms with Gasteiger partial charge in [-0.25, -0.2) is 0 Å². The lowest BCUT2D eigenvalue weighted by Crippen LogP contribution is -2.43. The molecule has 0 aromatic heterocycles. The van der Waals surface area contributed by atoms with E-state index in [1.165, 1.54) is 0 Å². The maximum atomic E-state index is 12.4. The van der Waals surface area contributed by atoms with Gasteiger partial charge in [0.15, 0.2) is 8.32 Å². The van der Waals surface area contributed by atoms with Crippen molar-refractivity contribution in [2.45, 2.75) is 72.2 Å². The van der Waals surface area contributed by atoms with Crippen LogP contribution in [-0.4, -0.2) is 39.6 Å². The summed E-state index contributed by atoms with van der Waals surface area (Å²) < 4.78 is 28.8. The van der Waals surface area contributed by atoms with Gasteiger partial charge in [-0.3, -0.25) is 9.36 Å². The topological polar surface area (TPSA) is 61.8 Å². The summed E-state index contributed by atoms with van der Waals surface area (Å²) in [6.07, 6.45) is -0.138. The molecule has 0 N–H and O–H groups in total. The van der Waals surface area contributed by atoms with Gasteiger partial charge in [0.1, 0.15) is 11.9 Å². The van der Waals surface area contributed by atoms with Crippen molar-refractivity contribution in [1.29, 1.82) is 0 Å². The van der Waals surface area contributed by atoms with Crippen LogP contribution < -0.4 is 0 Å². The van der Waals surface area contributed by atoms with Crippen molar-refractivity contribution in [1.82, 2.24) is 0 Å². The van der Waals surface area contributed by atoms with E-state index in [9.17, 15) is 9.36 Å². The van der Waals surface area contributed by atoms with Crippen molar-refractivity contribution in [2.24, 2.45) is 0 Å². The Labute approximate surface area is 136 Å². The molecule has 0 unspecified atom stereocenters.